The van der Waals surface area contributed by atoms with Gasteiger partial charge in [0.25, 0.3) is 5.91 Å². The third-order valence-electron chi connectivity index (χ3n) is 3.43. The van der Waals surface area contributed by atoms with Crippen LogP contribution >= 0.6 is 11.6 Å². The normalized spacial score (nSPS) is 10.9. The Bertz CT molecular complexity index is 915. The van der Waals surface area contributed by atoms with Gasteiger partial charge in [0.1, 0.15) is 0 Å². The summed E-state index contributed by atoms with van der Waals surface area (Å²) in [5, 5.41) is 2.90. The van der Waals surface area contributed by atoms with Crippen LogP contribution in [0.5, 0.6) is 11.5 Å². The molecular formula is C17H19ClN2O5S. The topological polar surface area (TPSA) is 93.7 Å². The van der Waals surface area contributed by atoms with E-state index in [4.69, 9.17) is 21.1 Å². The van der Waals surface area contributed by atoms with Crippen LogP contribution in [0.1, 0.15) is 15.9 Å². The van der Waals surface area contributed by atoms with Crippen LogP contribution in [0, 0.1) is 0 Å². The lowest BCUT2D eigenvalue weighted by Gasteiger charge is -2.11. The second-order valence-electron chi connectivity index (χ2n) is 5.44. The third kappa shape index (κ3) is 5.27. The van der Waals surface area contributed by atoms with Crippen molar-refractivity contribution in [2.45, 2.75) is 6.54 Å². The van der Waals surface area contributed by atoms with E-state index in [1.54, 1.807) is 19.2 Å². The standard InChI is InChI=1S/C17H19ClN2O5S/c1-24-15-7-4-11(8-16(15)25-2)10-19-17(21)12-5-6-14(13(18)9-12)20-26(3,22)23/h4-9,20H,10H2,1-3H3,(H,19,21). The molecule has 2 aromatic carbocycles. The van der Waals surface area contributed by atoms with Crippen LogP contribution in [0.3, 0.4) is 0 Å². The molecule has 140 valence electrons. The fourth-order valence-electron chi connectivity index (χ4n) is 2.21. The molecule has 0 atom stereocenters. The van der Waals surface area contributed by atoms with Crippen LogP contribution in [-0.2, 0) is 16.6 Å². The minimum Gasteiger partial charge on any atom is -0.493 e. The van der Waals surface area contributed by atoms with E-state index in [1.807, 2.05) is 6.07 Å². The van der Waals surface area contributed by atoms with Gasteiger partial charge in [-0.1, -0.05) is 17.7 Å². The number of rotatable bonds is 7. The molecule has 2 N–H and O–H groups in total. The zero-order valence-electron chi connectivity index (χ0n) is 14.5. The lowest BCUT2D eigenvalue weighted by atomic mass is 10.1. The minimum absolute atomic E-state index is 0.134. The van der Waals surface area contributed by atoms with Crippen molar-refractivity contribution in [3.63, 3.8) is 0 Å². The Morgan fingerprint density at radius 3 is 2.35 bits per heavy atom. The van der Waals surface area contributed by atoms with Gasteiger partial charge in [0, 0.05) is 12.1 Å². The smallest absolute Gasteiger partial charge is 0.251 e. The molecule has 9 heteroatoms. The van der Waals surface area contributed by atoms with E-state index in [0.29, 0.717) is 17.1 Å². The van der Waals surface area contributed by atoms with E-state index in [9.17, 15) is 13.2 Å². The number of sulfonamides is 1. The number of benzene rings is 2. The Balaban J connectivity index is 2.07. The molecule has 0 aromatic heterocycles. The molecule has 0 heterocycles. The monoisotopic (exact) mass is 398 g/mol. The van der Waals surface area contributed by atoms with Gasteiger partial charge >= 0.3 is 0 Å². The largest absolute Gasteiger partial charge is 0.493 e. The molecule has 0 saturated heterocycles. The highest BCUT2D eigenvalue weighted by Crippen LogP contribution is 2.27. The molecule has 2 rings (SSSR count). The maximum Gasteiger partial charge on any atom is 0.251 e. The summed E-state index contributed by atoms with van der Waals surface area (Å²) in [6, 6.07) is 9.67. The fraction of sp³-hybridized carbons (Fsp3) is 0.235. The van der Waals surface area contributed by atoms with Gasteiger partial charge in [0.15, 0.2) is 11.5 Å². The zero-order chi connectivity index (χ0) is 19.3. The number of carbonyl (C=O) groups is 1. The number of hydrogen-bond acceptors (Lipinski definition) is 5. The lowest BCUT2D eigenvalue weighted by molar-refractivity contribution is 0.0951. The van der Waals surface area contributed by atoms with E-state index in [1.165, 1.54) is 25.3 Å². The van der Waals surface area contributed by atoms with Crippen LogP contribution in [0.25, 0.3) is 0 Å². The van der Waals surface area contributed by atoms with Crippen molar-refractivity contribution < 1.29 is 22.7 Å². The van der Waals surface area contributed by atoms with Crippen molar-refractivity contribution in [3.05, 3.63) is 52.5 Å². The number of methoxy groups -OCH3 is 2. The molecule has 0 aliphatic carbocycles. The Kier molecular flexibility index (Phi) is 6.33. The highest BCUT2D eigenvalue weighted by atomic mass is 35.5. The average molecular weight is 399 g/mol. The summed E-state index contributed by atoms with van der Waals surface area (Å²) in [5.41, 5.74) is 1.36. The van der Waals surface area contributed by atoms with Gasteiger partial charge in [0.05, 0.1) is 31.2 Å². The predicted octanol–water partition coefficient (Wildman–Crippen LogP) is 2.66. The van der Waals surface area contributed by atoms with E-state index in [-0.39, 0.29) is 23.2 Å². The molecule has 0 unspecified atom stereocenters. The number of amides is 1. The SMILES string of the molecule is COc1ccc(CNC(=O)c2ccc(NS(C)(=O)=O)c(Cl)c2)cc1OC. The second-order valence-corrected chi connectivity index (χ2v) is 7.60. The Hall–Kier alpha value is -2.45. The predicted molar refractivity (Wildman–Crippen MR) is 101 cm³/mol. The summed E-state index contributed by atoms with van der Waals surface area (Å²) in [4.78, 5) is 12.3. The number of hydrogen-bond donors (Lipinski definition) is 2. The van der Waals surface area contributed by atoms with Gasteiger partial charge in [0.2, 0.25) is 10.0 Å². The number of anilines is 1. The van der Waals surface area contributed by atoms with E-state index >= 15 is 0 Å². The van der Waals surface area contributed by atoms with Gasteiger partial charge in [-0.3, -0.25) is 9.52 Å². The summed E-state index contributed by atoms with van der Waals surface area (Å²) in [6.45, 7) is 0.278. The molecular weight excluding hydrogens is 380 g/mol. The van der Waals surface area contributed by atoms with Crippen LogP contribution in [0.15, 0.2) is 36.4 Å². The first-order valence-corrected chi connectivity index (χ1v) is 9.77. The molecule has 0 spiro atoms. The van der Waals surface area contributed by atoms with Crippen LogP contribution < -0.4 is 19.5 Å². The van der Waals surface area contributed by atoms with Crippen molar-refractivity contribution >= 4 is 33.2 Å². The molecule has 0 aliphatic heterocycles. The molecule has 26 heavy (non-hydrogen) atoms. The van der Waals surface area contributed by atoms with Crippen molar-refractivity contribution in [1.29, 1.82) is 0 Å². The van der Waals surface area contributed by atoms with Crippen molar-refractivity contribution in [1.82, 2.24) is 5.32 Å². The van der Waals surface area contributed by atoms with Gasteiger partial charge < -0.3 is 14.8 Å². The van der Waals surface area contributed by atoms with E-state index < -0.39 is 10.0 Å². The maximum absolute atomic E-state index is 12.3. The number of ether oxygens (including phenoxy) is 2. The first kappa shape index (κ1) is 19.9. The van der Waals surface area contributed by atoms with Crippen LogP contribution in [-0.4, -0.2) is 34.8 Å². The lowest BCUT2D eigenvalue weighted by Crippen LogP contribution is -2.23. The third-order valence-corrected chi connectivity index (χ3v) is 4.33. The second kappa shape index (κ2) is 8.29. The highest BCUT2D eigenvalue weighted by Gasteiger charge is 2.12. The summed E-state index contributed by atoms with van der Waals surface area (Å²) >= 11 is 6.03. The Morgan fingerprint density at radius 2 is 1.77 bits per heavy atom. The summed E-state index contributed by atoms with van der Waals surface area (Å²) in [6.07, 6.45) is 1.02. The first-order valence-electron chi connectivity index (χ1n) is 7.50. The fourth-order valence-corrected chi connectivity index (χ4v) is 3.08. The van der Waals surface area contributed by atoms with Gasteiger partial charge in [-0.2, -0.15) is 0 Å². The highest BCUT2D eigenvalue weighted by molar-refractivity contribution is 7.92. The van der Waals surface area contributed by atoms with Crippen LogP contribution in [0.2, 0.25) is 5.02 Å². The zero-order valence-corrected chi connectivity index (χ0v) is 16.1. The van der Waals surface area contributed by atoms with Crippen molar-refractivity contribution in [3.8, 4) is 11.5 Å². The number of halogens is 1. The number of carbonyl (C=O) groups excluding carboxylic acids is 1. The summed E-state index contributed by atoms with van der Waals surface area (Å²) < 4.78 is 35.2. The van der Waals surface area contributed by atoms with Gasteiger partial charge in [-0.25, -0.2) is 8.42 Å². The first-order chi connectivity index (χ1) is 12.2. The quantitative estimate of drug-likeness (QED) is 0.747. The molecule has 0 saturated carbocycles. The Labute approximate surface area is 157 Å². The van der Waals surface area contributed by atoms with E-state index in [2.05, 4.69) is 10.0 Å². The molecule has 0 fully saturated rings. The molecule has 2 aromatic rings. The average Bonchev–Trinajstić information content (AvgIpc) is 2.59. The molecule has 0 aliphatic rings. The van der Waals surface area contributed by atoms with Gasteiger partial charge in [-0.15, -0.1) is 0 Å². The van der Waals surface area contributed by atoms with Crippen LogP contribution in [0.4, 0.5) is 5.69 Å². The van der Waals surface area contributed by atoms with Crippen molar-refractivity contribution in [2.24, 2.45) is 0 Å². The molecule has 1 amide bonds. The van der Waals surface area contributed by atoms with E-state index in [0.717, 1.165) is 11.8 Å². The van der Waals surface area contributed by atoms with Crippen molar-refractivity contribution in [2.75, 3.05) is 25.2 Å². The minimum atomic E-state index is -3.45. The van der Waals surface area contributed by atoms with Gasteiger partial charge in [-0.05, 0) is 35.9 Å². The molecule has 0 bridgehead atoms. The summed E-state index contributed by atoms with van der Waals surface area (Å²) in [7, 11) is -0.366. The molecule has 0 radical (unpaired) electrons. The summed E-state index contributed by atoms with van der Waals surface area (Å²) in [5.74, 6) is 0.828. The Morgan fingerprint density at radius 1 is 1.08 bits per heavy atom. The number of nitrogens with one attached hydrogen (secondary N) is 2. The maximum atomic E-state index is 12.3. The molecule has 7 nitrogen and oxygen atoms in total.